The molecule has 0 aliphatic carbocycles. The maximum atomic E-state index is 9.37. The number of aromatic hydroxyl groups is 1. The minimum Gasteiger partial charge on any atom is -0.507 e. The van der Waals surface area contributed by atoms with Crippen LogP contribution in [0.5, 0.6) is 5.75 Å². The second-order valence-electron chi connectivity index (χ2n) is 3.38. The van der Waals surface area contributed by atoms with Crippen LogP contribution < -0.4 is 0 Å². The van der Waals surface area contributed by atoms with Crippen LogP contribution >= 0.6 is 15.9 Å². The van der Waals surface area contributed by atoms with Crippen molar-refractivity contribution < 1.29 is 5.11 Å². The Bertz CT molecular complexity index is 269. The Morgan fingerprint density at radius 3 is 2.58 bits per heavy atom. The summed E-state index contributed by atoms with van der Waals surface area (Å²) >= 11 is 3.25. The topological polar surface area (TPSA) is 20.2 Å². The predicted octanol–water partition coefficient (Wildman–Crippen LogP) is 3.35. The van der Waals surface area contributed by atoms with Gasteiger partial charge in [-0.1, -0.05) is 19.9 Å². The van der Waals surface area contributed by atoms with Crippen molar-refractivity contribution >= 4 is 15.9 Å². The van der Waals surface area contributed by atoms with Crippen molar-refractivity contribution in [3.63, 3.8) is 0 Å². The zero-order chi connectivity index (χ0) is 9.14. The van der Waals surface area contributed by atoms with Gasteiger partial charge >= 0.3 is 0 Å². The molecule has 1 rings (SSSR count). The third-order valence-electron chi connectivity index (χ3n) is 1.65. The molecule has 1 aromatic rings. The molecule has 0 saturated heterocycles. The number of benzene rings is 1. The third-order valence-corrected chi connectivity index (χ3v) is 2.33. The first-order chi connectivity index (χ1) is 5.59. The molecule has 0 aromatic heterocycles. The molecule has 0 atom stereocenters. The van der Waals surface area contributed by atoms with E-state index >= 15 is 0 Å². The summed E-state index contributed by atoms with van der Waals surface area (Å²) in [6, 6.07) is 5.72. The molecule has 0 saturated carbocycles. The molecular weight excluding hydrogens is 216 g/mol. The zero-order valence-corrected chi connectivity index (χ0v) is 8.93. The predicted molar refractivity (Wildman–Crippen MR) is 54.3 cm³/mol. The van der Waals surface area contributed by atoms with Gasteiger partial charge in [-0.15, -0.1) is 0 Å². The standard InChI is InChI=1S/C10H13BrO/c1-7(2)5-8-3-4-9(11)10(12)6-8/h3-4,6-7,12H,5H2,1-2H3. The van der Waals surface area contributed by atoms with Crippen LogP contribution in [0, 0.1) is 5.92 Å². The molecule has 0 radical (unpaired) electrons. The van der Waals surface area contributed by atoms with Crippen molar-refractivity contribution in [2.24, 2.45) is 5.92 Å². The summed E-state index contributed by atoms with van der Waals surface area (Å²) in [5.41, 5.74) is 1.19. The van der Waals surface area contributed by atoms with Gasteiger partial charge in [0.1, 0.15) is 5.75 Å². The lowest BCUT2D eigenvalue weighted by atomic mass is 10.0. The Balaban J connectivity index is 2.82. The van der Waals surface area contributed by atoms with Gasteiger partial charge in [0.05, 0.1) is 4.47 Å². The van der Waals surface area contributed by atoms with Gasteiger partial charge in [0.2, 0.25) is 0 Å². The van der Waals surface area contributed by atoms with Crippen LogP contribution in [0.4, 0.5) is 0 Å². The smallest absolute Gasteiger partial charge is 0.130 e. The normalized spacial score (nSPS) is 10.7. The molecule has 0 aliphatic heterocycles. The van der Waals surface area contributed by atoms with E-state index in [0.29, 0.717) is 11.7 Å². The average molecular weight is 229 g/mol. The molecule has 12 heavy (non-hydrogen) atoms. The zero-order valence-electron chi connectivity index (χ0n) is 7.34. The number of phenolic OH excluding ortho intramolecular Hbond substituents is 1. The van der Waals surface area contributed by atoms with E-state index < -0.39 is 0 Å². The van der Waals surface area contributed by atoms with Crippen LogP contribution in [-0.4, -0.2) is 5.11 Å². The van der Waals surface area contributed by atoms with Gasteiger partial charge in [0.25, 0.3) is 0 Å². The second-order valence-corrected chi connectivity index (χ2v) is 4.24. The van der Waals surface area contributed by atoms with E-state index in [1.54, 1.807) is 0 Å². The van der Waals surface area contributed by atoms with E-state index in [1.807, 2.05) is 18.2 Å². The van der Waals surface area contributed by atoms with Crippen LogP contribution in [0.1, 0.15) is 19.4 Å². The minimum absolute atomic E-state index is 0.327. The van der Waals surface area contributed by atoms with E-state index in [2.05, 4.69) is 29.8 Å². The molecule has 0 bridgehead atoms. The molecule has 0 fully saturated rings. The maximum absolute atomic E-state index is 9.37. The van der Waals surface area contributed by atoms with Crippen LogP contribution in [-0.2, 0) is 6.42 Å². The Labute approximate surface area is 81.6 Å². The fraction of sp³-hybridized carbons (Fsp3) is 0.400. The SMILES string of the molecule is CC(C)Cc1ccc(Br)c(O)c1. The molecule has 1 aromatic carbocycles. The van der Waals surface area contributed by atoms with Crippen molar-refractivity contribution in [3.8, 4) is 5.75 Å². The third kappa shape index (κ3) is 2.52. The Morgan fingerprint density at radius 2 is 2.08 bits per heavy atom. The van der Waals surface area contributed by atoms with E-state index in [4.69, 9.17) is 0 Å². The molecule has 0 heterocycles. The summed E-state index contributed by atoms with van der Waals surface area (Å²) in [7, 11) is 0. The molecule has 0 amide bonds. The number of hydrogen-bond acceptors (Lipinski definition) is 1. The lowest BCUT2D eigenvalue weighted by Gasteiger charge is -2.05. The minimum atomic E-state index is 0.327. The Hall–Kier alpha value is -0.500. The van der Waals surface area contributed by atoms with Gasteiger partial charge < -0.3 is 5.11 Å². The quantitative estimate of drug-likeness (QED) is 0.824. The highest BCUT2D eigenvalue weighted by molar-refractivity contribution is 9.10. The van der Waals surface area contributed by atoms with Crippen LogP contribution in [0.25, 0.3) is 0 Å². The van der Waals surface area contributed by atoms with Crippen molar-refractivity contribution in [1.82, 2.24) is 0 Å². The van der Waals surface area contributed by atoms with Crippen molar-refractivity contribution in [1.29, 1.82) is 0 Å². The highest BCUT2D eigenvalue weighted by Crippen LogP contribution is 2.25. The number of phenols is 1. The first-order valence-corrected chi connectivity index (χ1v) is 4.86. The molecular formula is C10H13BrO. The molecule has 1 nitrogen and oxygen atoms in total. The second kappa shape index (κ2) is 3.94. The molecule has 0 unspecified atom stereocenters. The highest BCUT2D eigenvalue weighted by atomic mass is 79.9. The van der Waals surface area contributed by atoms with Gasteiger partial charge in [0, 0.05) is 0 Å². The summed E-state index contributed by atoms with van der Waals surface area (Å²) in [6.45, 7) is 4.33. The molecule has 0 aliphatic rings. The highest BCUT2D eigenvalue weighted by Gasteiger charge is 2.01. The van der Waals surface area contributed by atoms with Crippen LogP contribution in [0.2, 0.25) is 0 Å². The number of hydrogen-bond donors (Lipinski definition) is 1. The van der Waals surface area contributed by atoms with E-state index in [1.165, 1.54) is 5.56 Å². The first-order valence-electron chi connectivity index (χ1n) is 4.07. The van der Waals surface area contributed by atoms with Crippen LogP contribution in [0.3, 0.4) is 0 Å². The van der Waals surface area contributed by atoms with Crippen molar-refractivity contribution in [2.45, 2.75) is 20.3 Å². The van der Waals surface area contributed by atoms with Gasteiger partial charge in [-0.2, -0.15) is 0 Å². The molecule has 0 spiro atoms. The number of rotatable bonds is 2. The van der Waals surface area contributed by atoms with Gasteiger partial charge in [-0.05, 0) is 46.0 Å². The van der Waals surface area contributed by atoms with E-state index in [-0.39, 0.29) is 0 Å². The van der Waals surface area contributed by atoms with Gasteiger partial charge in [0.15, 0.2) is 0 Å². The van der Waals surface area contributed by atoms with E-state index in [9.17, 15) is 5.11 Å². The lowest BCUT2D eigenvalue weighted by Crippen LogP contribution is -1.93. The fourth-order valence-electron chi connectivity index (χ4n) is 1.16. The Morgan fingerprint density at radius 1 is 1.42 bits per heavy atom. The van der Waals surface area contributed by atoms with E-state index in [0.717, 1.165) is 10.9 Å². The monoisotopic (exact) mass is 228 g/mol. The molecule has 1 N–H and O–H groups in total. The summed E-state index contributed by atoms with van der Waals surface area (Å²) in [5, 5.41) is 9.37. The molecule has 2 heteroatoms. The molecule has 66 valence electrons. The maximum Gasteiger partial charge on any atom is 0.130 e. The number of halogens is 1. The summed E-state index contributed by atoms with van der Waals surface area (Å²) in [6.07, 6.45) is 1.01. The van der Waals surface area contributed by atoms with Crippen LogP contribution in [0.15, 0.2) is 22.7 Å². The van der Waals surface area contributed by atoms with Crippen molar-refractivity contribution in [2.75, 3.05) is 0 Å². The van der Waals surface area contributed by atoms with Crippen molar-refractivity contribution in [3.05, 3.63) is 28.2 Å². The fourth-order valence-corrected chi connectivity index (χ4v) is 1.40. The van der Waals surface area contributed by atoms with Gasteiger partial charge in [-0.25, -0.2) is 0 Å². The first kappa shape index (κ1) is 9.59. The summed E-state index contributed by atoms with van der Waals surface area (Å²) in [5.74, 6) is 0.957. The lowest BCUT2D eigenvalue weighted by molar-refractivity contribution is 0.470. The summed E-state index contributed by atoms with van der Waals surface area (Å²) < 4.78 is 0.759. The Kier molecular flexibility index (Phi) is 3.15. The van der Waals surface area contributed by atoms with Gasteiger partial charge in [-0.3, -0.25) is 0 Å². The summed E-state index contributed by atoms with van der Waals surface area (Å²) in [4.78, 5) is 0. The average Bonchev–Trinajstić information content (AvgIpc) is 1.96. The largest absolute Gasteiger partial charge is 0.507 e.